The molecule has 7 nitrogen and oxygen atoms in total. The van der Waals surface area contributed by atoms with Gasteiger partial charge in [0.1, 0.15) is 17.8 Å². The standard InChI is InChI=1S/C19H21N7/c20-18-16-17(14-9-22-15-4-2-1-3-13(14)15)25-26(19(16)24-11-23-18)10-12-5-7-21-8-6-12/h1-4,9,11-12,21-22H,5-8,10H2,(H2,20,23,24). The van der Waals surface area contributed by atoms with E-state index >= 15 is 0 Å². The summed E-state index contributed by atoms with van der Waals surface area (Å²) < 4.78 is 2.01. The summed E-state index contributed by atoms with van der Waals surface area (Å²) in [6.45, 7) is 2.99. The Bertz CT molecular complexity index is 1070. The lowest BCUT2D eigenvalue weighted by molar-refractivity contribution is 0.325. The van der Waals surface area contributed by atoms with Gasteiger partial charge in [0.05, 0.1) is 5.39 Å². The van der Waals surface area contributed by atoms with Crippen LogP contribution < -0.4 is 11.1 Å². The van der Waals surface area contributed by atoms with Crippen molar-refractivity contribution in [1.29, 1.82) is 0 Å². The van der Waals surface area contributed by atoms with Gasteiger partial charge in [-0.2, -0.15) is 5.10 Å². The number of hydrogen-bond donors (Lipinski definition) is 3. The predicted molar refractivity (Wildman–Crippen MR) is 103 cm³/mol. The Balaban J connectivity index is 1.67. The summed E-state index contributed by atoms with van der Waals surface area (Å²) in [5, 5.41) is 10.3. The van der Waals surface area contributed by atoms with Gasteiger partial charge in [0.25, 0.3) is 0 Å². The third kappa shape index (κ3) is 2.43. The number of nitrogen functional groups attached to an aromatic ring is 1. The number of rotatable bonds is 3. The molecule has 0 saturated carbocycles. The van der Waals surface area contributed by atoms with E-state index in [0.29, 0.717) is 11.7 Å². The van der Waals surface area contributed by atoms with E-state index in [1.165, 1.54) is 6.33 Å². The molecule has 4 N–H and O–H groups in total. The number of hydrogen-bond acceptors (Lipinski definition) is 5. The van der Waals surface area contributed by atoms with Crippen LogP contribution >= 0.6 is 0 Å². The van der Waals surface area contributed by atoms with Crippen molar-refractivity contribution < 1.29 is 0 Å². The highest BCUT2D eigenvalue weighted by Gasteiger charge is 2.22. The van der Waals surface area contributed by atoms with Gasteiger partial charge in [-0.3, -0.25) is 0 Å². The Morgan fingerprint density at radius 3 is 2.88 bits per heavy atom. The Kier molecular flexibility index (Phi) is 3.60. The molecule has 0 radical (unpaired) electrons. The first-order chi connectivity index (χ1) is 12.8. The molecular weight excluding hydrogens is 326 g/mol. The van der Waals surface area contributed by atoms with Crippen LogP contribution in [0, 0.1) is 5.92 Å². The van der Waals surface area contributed by atoms with Gasteiger partial charge in [-0.05, 0) is 37.9 Å². The van der Waals surface area contributed by atoms with Gasteiger partial charge < -0.3 is 16.0 Å². The van der Waals surface area contributed by atoms with E-state index in [2.05, 4.69) is 32.4 Å². The number of nitrogens with two attached hydrogens (primary N) is 1. The molecule has 132 valence electrons. The molecule has 1 aliphatic heterocycles. The molecule has 5 rings (SSSR count). The molecule has 1 aromatic carbocycles. The smallest absolute Gasteiger partial charge is 0.163 e. The number of nitrogens with zero attached hydrogens (tertiary/aromatic N) is 4. The number of anilines is 1. The molecule has 0 amide bonds. The van der Waals surface area contributed by atoms with Crippen LogP contribution in [-0.2, 0) is 6.54 Å². The lowest BCUT2D eigenvalue weighted by Crippen LogP contribution is -2.30. The minimum atomic E-state index is 0.479. The fourth-order valence-electron chi connectivity index (χ4n) is 3.92. The maximum atomic E-state index is 6.23. The second kappa shape index (κ2) is 6.10. The predicted octanol–water partition coefficient (Wildman–Crippen LogP) is 2.56. The molecule has 0 spiro atoms. The minimum absolute atomic E-state index is 0.479. The highest BCUT2D eigenvalue weighted by molar-refractivity contribution is 6.05. The van der Waals surface area contributed by atoms with Crippen LogP contribution in [0.3, 0.4) is 0 Å². The maximum absolute atomic E-state index is 6.23. The number of aromatic amines is 1. The van der Waals surface area contributed by atoms with Crippen LogP contribution in [0.4, 0.5) is 5.82 Å². The first-order valence-electron chi connectivity index (χ1n) is 9.05. The first kappa shape index (κ1) is 15.3. The molecule has 4 aromatic rings. The Morgan fingerprint density at radius 1 is 1.15 bits per heavy atom. The van der Waals surface area contributed by atoms with Gasteiger partial charge in [-0.1, -0.05) is 18.2 Å². The van der Waals surface area contributed by atoms with Crippen LogP contribution in [0.5, 0.6) is 0 Å². The van der Waals surface area contributed by atoms with E-state index < -0.39 is 0 Å². The summed E-state index contributed by atoms with van der Waals surface area (Å²) in [6.07, 6.45) is 5.83. The molecular formula is C19H21N7. The Hall–Kier alpha value is -2.93. The summed E-state index contributed by atoms with van der Waals surface area (Å²) in [6, 6.07) is 8.22. The zero-order valence-electron chi connectivity index (χ0n) is 14.4. The molecule has 4 heterocycles. The number of benzene rings is 1. The number of aromatic nitrogens is 5. The van der Waals surface area contributed by atoms with Gasteiger partial charge >= 0.3 is 0 Å². The van der Waals surface area contributed by atoms with Crippen LogP contribution in [0.15, 0.2) is 36.8 Å². The van der Waals surface area contributed by atoms with Crippen LogP contribution in [0.25, 0.3) is 33.2 Å². The van der Waals surface area contributed by atoms with Gasteiger partial charge in [0.15, 0.2) is 5.65 Å². The highest BCUT2D eigenvalue weighted by atomic mass is 15.3. The van der Waals surface area contributed by atoms with Crippen molar-refractivity contribution >= 4 is 27.8 Å². The maximum Gasteiger partial charge on any atom is 0.163 e. The monoisotopic (exact) mass is 347 g/mol. The normalized spacial score (nSPS) is 15.8. The van der Waals surface area contributed by atoms with E-state index in [9.17, 15) is 0 Å². The van der Waals surface area contributed by atoms with Gasteiger partial charge in [-0.15, -0.1) is 0 Å². The van der Waals surface area contributed by atoms with Crippen molar-refractivity contribution in [2.75, 3.05) is 18.8 Å². The van der Waals surface area contributed by atoms with Gasteiger partial charge in [0, 0.05) is 29.2 Å². The topological polar surface area (TPSA) is 97.4 Å². The summed E-state index contributed by atoms with van der Waals surface area (Å²) in [7, 11) is 0. The van der Waals surface area contributed by atoms with Crippen molar-refractivity contribution in [3.63, 3.8) is 0 Å². The van der Waals surface area contributed by atoms with Crippen molar-refractivity contribution in [1.82, 2.24) is 30.0 Å². The molecule has 0 unspecified atom stereocenters. The lowest BCUT2D eigenvalue weighted by atomic mass is 9.98. The quantitative estimate of drug-likeness (QED) is 0.529. The fraction of sp³-hybridized carbons (Fsp3) is 0.316. The number of para-hydroxylation sites is 1. The van der Waals surface area contributed by atoms with Gasteiger partial charge in [-0.25, -0.2) is 14.6 Å². The fourth-order valence-corrected chi connectivity index (χ4v) is 3.92. The summed E-state index contributed by atoms with van der Waals surface area (Å²) in [5.74, 6) is 1.08. The number of piperidine rings is 1. The molecule has 1 saturated heterocycles. The SMILES string of the molecule is Nc1ncnc2c1c(-c1c[nH]c3ccccc13)nn2CC1CCNCC1. The van der Waals surface area contributed by atoms with E-state index in [0.717, 1.165) is 65.7 Å². The van der Waals surface area contributed by atoms with Crippen molar-refractivity contribution in [3.8, 4) is 11.3 Å². The third-order valence-corrected chi connectivity index (χ3v) is 5.29. The molecule has 0 bridgehead atoms. The third-order valence-electron chi connectivity index (χ3n) is 5.29. The van der Waals surface area contributed by atoms with Gasteiger partial charge in [0.2, 0.25) is 0 Å². The summed E-state index contributed by atoms with van der Waals surface area (Å²) in [5.41, 5.74) is 10.0. The second-order valence-electron chi connectivity index (χ2n) is 6.93. The molecule has 1 aliphatic rings. The van der Waals surface area contributed by atoms with E-state index in [1.807, 2.05) is 23.0 Å². The van der Waals surface area contributed by atoms with Crippen LogP contribution in [0.2, 0.25) is 0 Å². The summed E-state index contributed by atoms with van der Waals surface area (Å²) >= 11 is 0. The largest absolute Gasteiger partial charge is 0.383 e. The number of nitrogens with one attached hydrogen (secondary N) is 2. The first-order valence-corrected chi connectivity index (χ1v) is 9.05. The molecule has 3 aromatic heterocycles. The number of fused-ring (bicyclic) bond motifs is 2. The Labute approximate surface area is 150 Å². The van der Waals surface area contributed by atoms with E-state index in [4.69, 9.17) is 10.8 Å². The molecule has 7 heteroatoms. The molecule has 0 atom stereocenters. The van der Waals surface area contributed by atoms with Crippen molar-refractivity contribution in [3.05, 3.63) is 36.8 Å². The zero-order valence-corrected chi connectivity index (χ0v) is 14.4. The second-order valence-corrected chi connectivity index (χ2v) is 6.93. The highest BCUT2D eigenvalue weighted by Crippen LogP contribution is 2.35. The zero-order chi connectivity index (χ0) is 17.5. The van der Waals surface area contributed by atoms with Crippen molar-refractivity contribution in [2.24, 2.45) is 5.92 Å². The van der Waals surface area contributed by atoms with Crippen LogP contribution in [0.1, 0.15) is 12.8 Å². The molecule has 26 heavy (non-hydrogen) atoms. The lowest BCUT2D eigenvalue weighted by Gasteiger charge is -2.22. The van der Waals surface area contributed by atoms with E-state index in [-0.39, 0.29) is 0 Å². The molecule has 0 aliphatic carbocycles. The summed E-state index contributed by atoms with van der Waals surface area (Å²) in [4.78, 5) is 12.0. The molecule has 1 fully saturated rings. The average Bonchev–Trinajstić information content (AvgIpc) is 3.25. The van der Waals surface area contributed by atoms with Crippen molar-refractivity contribution in [2.45, 2.75) is 19.4 Å². The Morgan fingerprint density at radius 2 is 2.00 bits per heavy atom. The number of H-pyrrole nitrogens is 1. The minimum Gasteiger partial charge on any atom is -0.383 e. The van der Waals surface area contributed by atoms with Crippen LogP contribution in [-0.4, -0.2) is 37.8 Å². The van der Waals surface area contributed by atoms with E-state index in [1.54, 1.807) is 0 Å². The average molecular weight is 347 g/mol.